The molecule has 1 heterocycles. The van der Waals surface area contributed by atoms with Crippen molar-refractivity contribution in [3.63, 3.8) is 0 Å². The van der Waals surface area contributed by atoms with Crippen molar-refractivity contribution in [2.75, 3.05) is 7.11 Å². The van der Waals surface area contributed by atoms with E-state index in [9.17, 15) is 9.18 Å². The predicted octanol–water partition coefficient (Wildman–Crippen LogP) is 2.97. The van der Waals surface area contributed by atoms with Gasteiger partial charge in [-0.1, -0.05) is 0 Å². The second-order valence-electron chi connectivity index (χ2n) is 4.41. The summed E-state index contributed by atoms with van der Waals surface area (Å²) < 4.78 is 18.4. The minimum Gasteiger partial charge on any atom is -0.464 e. The van der Waals surface area contributed by atoms with E-state index in [1.54, 1.807) is 6.07 Å². The summed E-state index contributed by atoms with van der Waals surface area (Å²) in [6.07, 6.45) is 2.24. The van der Waals surface area contributed by atoms with E-state index < -0.39 is 5.97 Å². The number of benzene rings is 1. The van der Waals surface area contributed by atoms with Crippen LogP contribution < -0.4 is 0 Å². The monoisotopic (exact) mass is 233 g/mol. The largest absolute Gasteiger partial charge is 0.464 e. The topological polar surface area (TPSA) is 42.1 Å². The summed E-state index contributed by atoms with van der Waals surface area (Å²) in [6, 6.07) is 4.98. The van der Waals surface area contributed by atoms with Crippen LogP contribution in [0.4, 0.5) is 4.39 Å². The Balaban J connectivity index is 2.14. The average molecular weight is 233 g/mol. The molecule has 1 aliphatic rings. The fraction of sp³-hybridized carbons (Fsp3) is 0.308. The predicted molar refractivity (Wildman–Crippen MR) is 61.6 cm³/mol. The molecule has 1 aromatic carbocycles. The van der Waals surface area contributed by atoms with Crippen molar-refractivity contribution in [1.29, 1.82) is 0 Å². The van der Waals surface area contributed by atoms with Gasteiger partial charge in [-0.05, 0) is 42.5 Å². The number of hydrogen-bond donors (Lipinski definition) is 1. The molecule has 2 aromatic rings. The van der Waals surface area contributed by atoms with Crippen molar-refractivity contribution in [3.8, 4) is 0 Å². The van der Waals surface area contributed by atoms with E-state index in [1.807, 2.05) is 6.07 Å². The highest BCUT2D eigenvalue weighted by molar-refractivity contribution is 5.95. The van der Waals surface area contributed by atoms with Crippen LogP contribution in [0, 0.1) is 5.82 Å². The van der Waals surface area contributed by atoms with Gasteiger partial charge < -0.3 is 9.72 Å². The molecular formula is C13H12FNO2. The molecule has 4 heteroatoms. The fourth-order valence-corrected chi connectivity index (χ4v) is 2.09. The summed E-state index contributed by atoms with van der Waals surface area (Å²) in [7, 11) is 1.31. The molecule has 0 unspecified atom stereocenters. The molecule has 17 heavy (non-hydrogen) atoms. The Kier molecular flexibility index (Phi) is 2.18. The van der Waals surface area contributed by atoms with E-state index in [0.29, 0.717) is 16.8 Å². The van der Waals surface area contributed by atoms with Gasteiger partial charge in [-0.15, -0.1) is 0 Å². The molecule has 0 radical (unpaired) electrons. The van der Waals surface area contributed by atoms with Gasteiger partial charge in [0.15, 0.2) is 0 Å². The second kappa shape index (κ2) is 3.58. The smallest absolute Gasteiger partial charge is 0.354 e. The first kappa shape index (κ1) is 10.3. The van der Waals surface area contributed by atoms with E-state index in [0.717, 1.165) is 18.4 Å². The summed E-state index contributed by atoms with van der Waals surface area (Å²) >= 11 is 0. The average Bonchev–Trinajstić information content (AvgIpc) is 3.08. The number of aromatic amines is 1. The number of esters is 1. The molecule has 88 valence electrons. The number of nitrogens with one attached hydrogen (secondary N) is 1. The number of carbonyl (C=O) groups is 1. The Morgan fingerprint density at radius 1 is 1.41 bits per heavy atom. The highest BCUT2D eigenvalue weighted by atomic mass is 19.1. The SMILES string of the molecule is COC(=O)c1cc2c(F)cc(C3CC3)cc2[nH]1. The highest BCUT2D eigenvalue weighted by Gasteiger charge is 2.25. The van der Waals surface area contributed by atoms with E-state index in [1.165, 1.54) is 13.2 Å². The summed E-state index contributed by atoms with van der Waals surface area (Å²) in [5.74, 6) is -0.275. The maximum atomic E-state index is 13.8. The third kappa shape index (κ3) is 1.69. The molecule has 1 aliphatic carbocycles. The Bertz CT molecular complexity index is 599. The van der Waals surface area contributed by atoms with Crippen molar-refractivity contribution in [3.05, 3.63) is 35.3 Å². The minimum atomic E-state index is -0.478. The van der Waals surface area contributed by atoms with Crippen LogP contribution in [0.3, 0.4) is 0 Å². The number of halogens is 1. The molecule has 0 spiro atoms. The summed E-state index contributed by atoms with van der Waals surface area (Å²) in [5.41, 5.74) is 1.95. The zero-order chi connectivity index (χ0) is 12.0. The van der Waals surface area contributed by atoms with E-state index in [2.05, 4.69) is 9.72 Å². The molecule has 3 nitrogen and oxygen atoms in total. The molecule has 1 fully saturated rings. The summed E-state index contributed by atoms with van der Waals surface area (Å²) in [5, 5.41) is 0.440. The van der Waals surface area contributed by atoms with Crippen molar-refractivity contribution in [1.82, 2.24) is 4.98 Å². The van der Waals surface area contributed by atoms with Crippen molar-refractivity contribution < 1.29 is 13.9 Å². The first-order chi connectivity index (χ1) is 8.19. The number of hydrogen-bond acceptors (Lipinski definition) is 2. The molecule has 1 saturated carbocycles. The van der Waals surface area contributed by atoms with Gasteiger partial charge in [-0.25, -0.2) is 9.18 Å². The van der Waals surface area contributed by atoms with Crippen molar-refractivity contribution in [2.45, 2.75) is 18.8 Å². The molecule has 3 rings (SSSR count). The molecule has 1 N–H and O–H groups in total. The maximum Gasteiger partial charge on any atom is 0.354 e. The highest BCUT2D eigenvalue weighted by Crippen LogP contribution is 2.41. The lowest BCUT2D eigenvalue weighted by atomic mass is 10.1. The van der Waals surface area contributed by atoms with E-state index in [4.69, 9.17) is 0 Å². The van der Waals surface area contributed by atoms with E-state index >= 15 is 0 Å². The number of ether oxygens (including phenoxy) is 1. The third-order valence-electron chi connectivity index (χ3n) is 3.16. The summed E-state index contributed by atoms with van der Waals surface area (Å²) in [6.45, 7) is 0. The fourth-order valence-electron chi connectivity index (χ4n) is 2.09. The molecule has 1 aromatic heterocycles. The number of rotatable bonds is 2. The molecular weight excluding hydrogens is 221 g/mol. The molecule has 0 atom stereocenters. The lowest BCUT2D eigenvalue weighted by molar-refractivity contribution is 0.0595. The quantitative estimate of drug-likeness (QED) is 0.810. The number of methoxy groups -OCH3 is 1. The first-order valence-corrected chi connectivity index (χ1v) is 5.59. The van der Waals surface area contributed by atoms with Crippen LogP contribution in [0.2, 0.25) is 0 Å². The zero-order valence-corrected chi connectivity index (χ0v) is 9.42. The van der Waals surface area contributed by atoms with Gasteiger partial charge in [0.1, 0.15) is 11.5 Å². The normalized spacial score (nSPS) is 15.2. The van der Waals surface area contributed by atoms with E-state index in [-0.39, 0.29) is 11.5 Å². The van der Waals surface area contributed by atoms with Gasteiger partial charge in [-0.2, -0.15) is 0 Å². The minimum absolute atomic E-state index is 0.282. The lowest BCUT2D eigenvalue weighted by Gasteiger charge is -1.99. The lowest BCUT2D eigenvalue weighted by Crippen LogP contribution is -2.00. The standard InChI is InChI=1S/C13H12FNO2/c1-17-13(16)12-6-9-10(14)4-8(7-2-3-7)5-11(9)15-12/h4-7,15H,2-3H2,1H3. The van der Waals surface area contributed by atoms with Crippen molar-refractivity contribution >= 4 is 16.9 Å². The van der Waals surface area contributed by atoms with Crippen LogP contribution in [-0.2, 0) is 4.74 Å². The van der Waals surface area contributed by atoms with Crippen LogP contribution in [0.1, 0.15) is 34.8 Å². The zero-order valence-electron chi connectivity index (χ0n) is 9.42. The summed E-state index contributed by atoms with van der Waals surface area (Å²) in [4.78, 5) is 14.2. The van der Waals surface area contributed by atoms with Crippen LogP contribution in [0.25, 0.3) is 10.9 Å². The van der Waals surface area contributed by atoms with Gasteiger partial charge in [0.25, 0.3) is 0 Å². The van der Waals surface area contributed by atoms with Crippen molar-refractivity contribution in [2.24, 2.45) is 0 Å². The van der Waals surface area contributed by atoms with Crippen LogP contribution >= 0.6 is 0 Å². The Hall–Kier alpha value is -1.84. The number of carbonyl (C=O) groups excluding carboxylic acids is 1. The Morgan fingerprint density at radius 2 is 2.18 bits per heavy atom. The molecule has 0 saturated heterocycles. The molecule has 0 aliphatic heterocycles. The number of aromatic nitrogens is 1. The van der Waals surface area contributed by atoms with Gasteiger partial charge in [-0.3, -0.25) is 0 Å². The van der Waals surface area contributed by atoms with Gasteiger partial charge in [0, 0.05) is 10.9 Å². The van der Waals surface area contributed by atoms with Gasteiger partial charge >= 0.3 is 5.97 Å². The Labute approximate surface area is 97.6 Å². The number of fused-ring (bicyclic) bond motifs is 1. The molecule has 0 bridgehead atoms. The number of H-pyrrole nitrogens is 1. The molecule has 0 amide bonds. The maximum absolute atomic E-state index is 13.8. The third-order valence-corrected chi connectivity index (χ3v) is 3.16. The second-order valence-corrected chi connectivity index (χ2v) is 4.41. The van der Waals surface area contributed by atoms with Crippen LogP contribution in [0.15, 0.2) is 18.2 Å². The van der Waals surface area contributed by atoms with Crippen LogP contribution in [-0.4, -0.2) is 18.1 Å². The Morgan fingerprint density at radius 3 is 2.82 bits per heavy atom. The first-order valence-electron chi connectivity index (χ1n) is 5.59. The van der Waals surface area contributed by atoms with Gasteiger partial charge in [0.2, 0.25) is 0 Å². The van der Waals surface area contributed by atoms with Crippen LogP contribution in [0.5, 0.6) is 0 Å². The van der Waals surface area contributed by atoms with Gasteiger partial charge in [0.05, 0.1) is 7.11 Å².